The van der Waals surface area contributed by atoms with Gasteiger partial charge in [-0.15, -0.1) is 0 Å². The van der Waals surface area contributed by atoms with Crippen molar-refractivity contribution in [1.82, 2.24) is 10.6 Å². The Bertz CT molecular complexity index is 1500. The number of ether oxygens (including phenoxy) is 3. The molecule has 0 aliphatic heterocycles. The van der Waals surface area contributed by atoms with Gasteiger partial charge in [-0.25, -0.2) is 14.4 Å². The van der Waals surface area contributed by atoms with Crippen LogP contribution < -0.4 is 16.0 Å². The monoisotopic (exact) mass is 629 g/mol. The van der Waals surface area contributed by atoms with Gasteiger partial charge in [0, 0.05) is 18.0 Å². The molecule has 4 rings (SSSR count). The second-order valence-electron chi connectivity index (χ2n) is 12.8. The number of alkyl carbamates (subject to hydrolysis) is 1. The Balaban J connectivity index is 1.48. The van der Waals surface area contributed by atoms with E-state index in [1.54, 1.807) is 45.0 Å². The second kappa shape index (κ2) is 14.9. The fourth-order valence-corrected chi connectivity index (χ4v) is 5.47. The van der Waals surface area contributed by atoms with E-state index in [2.05, 4.69) is 28.1 Å². The molecule has 3 aromatic rings. The zero-order valence-corrected chi connectivity index (χ0v) is 27.2. The number of hydrogen-bond acceptors (Lipinski definition) is 7. The standard InChI is InChI=1S/C36H43N3O7/c1-22(2)19-31(33(41)44-6)38-32(40)30(20-23-15-17-24(18-16-23)37-35(43)46-36(3,4)5)39-34(42)45-21-29-27-13-9-7-11-25(27)26-12-8-10-14-28(26)29/h7-18,22,29-31H,19-21H2,1-6H3,(H,37,43)(H,38,40)(H,39,42)/t30-,31-/m0/s1. The maximum atomic E-state index is 13.6. The molecule has 1 aliphatic carbocycles. The van der Waals surface area contributed by atoms with E-state index < -0.39 is 41.7 Å². The van der Waals surface area contributed by atoms with E-state index in [0.717, 1.165) is 22.3 Å². The average molecular weight is 630 g/mol. The fourth-order valence-electron chi connectivity index (χ4n) is 5.47. The van der Waals surface area contributed by atoms with Crippen LogP contribution in [0.4, 0.5) is 15.3 Å². The van der Waals surface area contributed by atoms with Gasteiger partial charge in [-0.05, 0) is 73.1 Å². The highest BCUT2D eigenvalue weighted by atomic mass is 16.6. The van der Waals surface area contributed by atoms with Gasteiger partial charge in [-0.2, -0.15) is 0 Å². The number of rotatable bonds is 11. The van der Waals surface area contributed by atoms with E-state index in [1.807, 2.05) is 50.2 Å². The van der Waals surface area contributed by atoms with Gasteiger partial charge in [-0.1, -0.05) is 74.5 Å². The molecule has 3 amide bonds. The third kappa shape index (κ3) is 9.09. The van der Waals surface area contributed by atoms with Crippen molar-refractivity contribution < 1.29 is 33.4 Å². The molecule has 0 fully saturated rings. The molecular weight excluding hydrogens is 586 g/mol. The van der Waals surface area contributed by atoms with Gasteiger partial charge in [0.05, 0.1) is 7.11 Å². The lowest BCUT2D eigenvalue weighted by atomic mass is 9.98. The number of carbonyl (C=O) groups excluding carboxylic acids is 4. The van der Waals surface area contributed by atoms with Gasteiger partial charge in [0.1, 0.15) is 24.3 Å². The summed E-state index contributed by atoms with van der Waals surface area (Å²) in [6.07, 6.45) is -0.892. The topological polar surface area (TPSA) is 132 Å². The molecule has 0 unspecified atom stereocenters. The first-order chi connectivity index (χ1) is 21.8. The molecule has 46 heavy (non-hydrogen) atoms. The number of esters is 1. The van der Waals surface area contributed by atoms with Gasteiger partial charge >= 0.3 is 18.2 Å². The van der Waals surface area contributed by atoms with Gasteiger partial charge in [0.15, 0.2) is 0 Å². The highest BCUT2D eigenvalue weighted by Gasteiger charge is 2.31. The van der Waals surface area contributed by atoms with E-state index in [9.17, 15) is 19.2 Å². The molecule has 0 radical (unpaired) electrons. The maximum absolute atomic E-state index is 13.6. The number of nitrogens with one attached hydrogen (secondary N) is 3. The summed E-state index contributed by atoms with van der Waals surface area (Å²) in [5, 5.41) is 8.13. The highest BCUT2D eigenvalue weighted by Crippen LogP contribution is 2.44. The Kier molecular flexibility index (Phi) is 11.1. The number of anilines is 1. The lowest BCUT2D eigenvalue weighted by molar-refractivity contribution is -0.145. The molecule has 0 bridgehead atoms. The van der Waals surface area contributed by atoms with Crippen molar-refractivity contribution in [1.29, 1.82) is 0 Å². The normalized spacial score (nSPS) is 13.5. The van der Waals surface area contributed by atoms with Crippen LogP contribution in [0, 0.1) is 5.92 Å². The van der Waals surface area contributed by atoms with E-state index >= 15 is 0 Å². The van der Waals surface area contributed by atoms with Crippen LogP contribution in [0.2, 0.25) is 0 Å². The van der Waals surface area contributed by atoms with Crippen LogP contribution in [0.3, 0.4) is 0 Å². The van der Waals surface area contributed by atoms with Crippen molar-refractivity contribution in [2.24, 2.45) is 5.92 Å². The molecule has 2 atom stereocenters. The minimum Gasteiger partial charge on any atom is -0.467 e. The molecule has 0 saturated carbocycles. The first-order valence-corrected chi connectivity index (χ1v) is 15.4. The summed E-state index contributed by atoms with van der Waals surface area (Å²) in [5.74, 6) is -1.17. The molecule has 244 valence electrons. The van der Waals surface area contributed by atoms with Crippen molar-refractivity contribution >= 4 is 29.8 Å². The highest BCUT2D eigenvalue weighted by molar-refractivity contribution is 5.90. The SMILES string of the molecule is COC(=O)[C@H](CC(C)C)NC(=O)[C@H](Cc1ccc(NC(=O)OC(C)(C)C)cc1)NC(=O)OCC1c2ccccc2-c2ccccc21. The third-order valence-electron chi connectivity index (χ3n) is 7.50. The predicted octanol–water partition coefficient (Wildman–Crippen LogP) is 6.19. The van der Waals surface area contributed by atoms with Crippen LogP contribution in [0.5, 0.6) is 0 Å². The smallest absolute Gasteiger partial charge is 0.412 e. The van der Waals surface area contributed by atoms with Crippen molar-refractivity contribution in [2.45, 2.75) is 71.1 Å². The maximum Gasteiger partial charge on any atom is 0.412 e. The fraction of sp³-hybridized carbons (Fsp3) is 0.389. The molecule has 1 aliphatic rings. The molecule has 0 spiro atoms. The largest absolute Gasteiger partial charge is 0.467 e. The molecule has 10 nitrogen and oxygen atoms in total. The quantitative estimate of drug-likeness (QED) is 0.170. The van der Waals surface area contributed by atoms with Crippen LogP contribution in [0.1, 0.15) is 63.6 Å². The lowest BCUT2D eigenvalue weighted by Gasteiger charge is -2.24. The summed E-state index contributed by atoms with van der Waals surface area (Å²) in [6.45, 7) is 9.27. The van der Waals surface area contributed by atoms with Crippen LogP contribution in [-0.2, 0) is 30.2 Å². The molecule has 10 heteroatoms. The summed E-state index contributed by atoms with van der Waals surface area (Å²) in [6, 6.07) is 20.9. The summed E-state index contributed by atoms with van der Waals surface area (Å²) in [5.41, 5.74) is 4.91. The van der Waals surface area contributed by atoms with E-state index in [-0.39, 0.29) is 24.9 Å². The molecule has 3 aromatic carbocycles. The third-order valence-corrected chi connectivity index (χ3v) is 7.50. The minimum absolute atomic E-state index is 0.0807. The Morgan fingerprint density at radius 3 is 1.91 bits per heavy atom. The molecule has 0 aromatic heterocycles. The number of amides is 3. The van der Waals surface area contributed by atoms with Crippen molar-refractivity contribution in [3.05, 3.63) is 89.5 Å². The van der Waals surface area contributed by atoms with Crippen molar-refractivity contribution in [3.63, 3.8) is 0 Å². The van der Waals surface area contributed by atoms with E-state index in [1.165, 1.54) is 7.11 Å². The van der Waals surface area contributed by atoms with Crippen LogP contribution in [-0.4, -0.2) is 55.5 Å². The van der Waals surface area contributed by atoms with Gasteiger partial charge in [0.2, 0.25) is 5.91 Å². The summed E-state index contributed by atoms with van der Waals surface area (Å²) in [4.78, 5) is 51.4. The number of carbonyl (C=O) groups is 4. The Hall–Kier alpha value is -4.86. The Morgan fingerprint density at radius 1 is 0.783 bits per heavy atom. The zero-order chi connectivity index (χ0) is 33.4. The molecular formula is C36H43N3O7. The number of benzene rings is 3. The number of methoxy groups -OCH3 is 1. The first kappa shape index (κ1) is 34.0. The second-order valence-corrected chi connectivity index (χ2v) is 12.8. The van der Waals surface area contributed by atoms with Gasteiger partial charge in [0.25, 0.3) is 0 Å². The van der Waals surface area contributed by atoms with Crippen LogP contribution >= 0.6 is 0 Å². The molecule has 0 saturated heterocycles. The summed E-state index contributed by atoms with van der Waals surface area (Å²) < 4.78 is 15.9. The van der Waals surface area contributed by atoms with Crippen LogP contribution in [0.25, 0.3) is 11.1 Å². The Labute approximate surface area is 270 Å². The average Bonchev–Trinajstić information content (AvgIpc) is 3.32. The minimum atomic E-state index is -1.07. The van der Waals surface area contributed by atoms with Crippen molar-refractivity contribution in [3.8, 4) is 11.1 Å². The Morgan fingerprint density at radius 2 is 1.37 bits per heavy atom. The van der Waals surface area contributed by atoms with Crippen molar-refractivity contribution in [2.75, 3.05) is 19.0 Å². The summed E-state index contributed by atoms with van der Waals surface area (Å²) in [7, 11) is 1.26. The van der Waals surface area contributed by atoms with Gasteiger partial charge in [-0.3, -0.25) is 10.1 Å². The van der Waals surface area contributed by atoms with Gasteiger partial charge < -0.3 is 24.8 Å². The zero-order valence-electron chi connectivity index (χ0n) is 27.2. The predicted molar refractivity (Wildman–Crippen MR) is 175 cm³/mol. The number of fused-ring (bicyclic) bond motifs is 3. The van der Waals surface area contributed by atoms with E-state index in [4.69, 9.17) is 14.2 Å². The molecule has 0 heterocycles. The van der Waals surface area contributed by atoms with Crippen LogP contribution in [0.15, 0.2) is 72.8 Å². The molecule has 3 N–H and O–H groups in total. The van der Waals surface area contributed by atoms with E-state index in [0.29, 0.717) is 17.7 Å². The number of hydrogen-bond donors (Lipinski definition) is 3. The lowest BCUT2D eigenvalue weighted by Crippen LogP contribution is -2.53. The first-order valence-electron chi connectivity index (χ1n) is 15.4. The summed E-state index contributed by atoms with van der Waals surface area (Å²) >= 11 is 0.